The Hall–Kier alpha value is -1.31. The Morgan fingerprint density at radius 2 is 1.86 bits per heavy atom. The Bertz CT molecular complexity index is 1010. The molecule has 28 heavy (non-hydrogen) atoms. The number of benzene rings is 2. The lowest BCUT2D eigenvalue weighted by atomic mass is 10.2. The molecule has 1 aliphatic heterocycles. The van der Waals surface area contributed by atoms with Crippen LogP contribution in [0, 0.1) is 7.14 Å². The van der Waals surface area contributed by atoms with Gasteiger partial charge in [-0.2, -0.15) is 0 Å². The van der Waals surface area contributed by atoms with Crippen LogP contribution in [-0.4, -0.2) is 33.6 Å². The second-order valence-corrected chi connectivity index (χ2v) is 9.35. The maximum Gasteiger partial charge on any atom is 0.294 e. The van der Waals surface area contributed by atoms with Crippen molar-refractivity contribution in [2.75, 3.05) is 11.9 Å². The number of halogens is 3. The minimum Gasteiger partial charge on any atom is -0.506 e. The standard InChI is InChI=1S/C18H11ClI2N2O4S/c19-10-3-1-2-4-13(10)22-15(24)8-23-17(26)14(28-18(23)27)7-9-5-11(20)16(25)12(21)6-9/h1-7,25H,8H2,(H,22,24)/b14-7+. The summed E-state index contributed by atoms with van der Waals surface area (Å²) >= 11 is 10.7. The minimum absolute atomic E-state index is 0.169. The van der Waals surface area contributed by atoms with E-state index in [9.17, 15) is 19.5 Å². The first-order valence-electron chi connectivity index (χ1n) is 7.74. The zero-order valence-corrected chi connectivity index (χ0v) is 19.8. The van der Waals surface area contributed by atoms with Gasteiger partial charge in [0.2, 0.25) is 5.91 Å². The van der Waals surface area contributed by atoms with Gasteiger partial charge in [-0.1, -0.05) is 23.7 Å². The molecule has 0 aromatic heterocycles. The summed E-state index contributed by atoms with van der Waals surface area (Å²) in [6.07, 6.45) is 1.57. The Morgan fingerprint density at radius 3 is 2.50 bits per heavy atom. The highest BCUT2D eigenvalue weighted by Gasteiger charge is 2.36. The molecule has 10 heteroatoms. The van der Waals surface area contributed by atoms with Crippen LogP contribution in [0.15, 0.2) is 41.3 Å². The van der Waals surface area contributed by atoms with Crippen LogP contribution in [-0.2, 0) is 9.59 Å². The molecule has 0 unspecified atom stereocenters. The molecule has 1 aliphatic rings. The topological polar surface area (TPSA) is 86.7 Å². The second-order valence-electron chi connectivity index (χ2n) is 5.63. The van der Waals surface area contributed by atoms with Gasteiger partial charge >= 0.3 is 0 Å². The van der Waals surface area contributed by atoms with E-state index >= 15 is 0 Å². The molecule has 0 spiro atoms. The number of hydrogen-bond acceptors (Lipinski definition) is 5. The van der Waals surface area contributed by atoms with E-state index < -0.39 is 23.6 Å². The predicted molar refractivity (Wildman–Crippen MR) is 126 cm³/mol. The van der Waals surface area contributed by atoms with Crippen LogP contribution in [0.4, 0.5) is 10.5 Å². The van der Waals surface area contributed by atoms with Crippen molar-refractivity contribution in [2.24, 2.45) is 0 Å². The number of carbonyl (C=O) groups excluding carboxylic acids is 3. The van der Waals surface area contributed by atoms with Crippen molar-refractivity contribution < 1.29 is 19.5 Å². The molecule has 3 rings (SSSR count). The van der Waals surface area contributed by atoms with E-state index in [0.717, 1.165) is 16.7 Å². The summed E-state index contributed by atoms with van der Waals surface area (Å²) < 4.78 is 1.27. The van der Waals surface area contributed by atoms with Crippen LogP contribution in [0.1, 0.15) is 5.56 Å². The maximum absolute atomic E-state index is 12.6. The van der Waals surface area contributed by atoms with Crippen LogP contribution in [0.3, 0.4) is 0 Å². The molecule has 2 aromatic rings. The number of phenols is 1. The van der Waals surface area contributed by atoms with E-state index in [1.54, 1.807) is 42.5 Å². The lowest BCUT2D eigenvalue weighted by molar-refractivity contribution is -0.127. The van der Waals surface area contributed by atoms with E-state index in [1.807, 2.05) is 45.2 Å². The third-order valence-corrected chi connectivity index (χ3v) is 6.54. The zero-order valence-electron chi connectivity index (χ0n) is 13.9. The number of phenolic OH excluding ortho intramolecular Hbond substituents is 1. The lowest BCUT2D eigenvalue weighted by Gasteiger charge is -2.13. The molecular weight excluding hydrogens is 630 g/mol. The first-order valence-corrected chi connectivity index (χ1v) is 11.1. The number of nitrogens with zero attached hydrogens (tertiary/aromatic N) is 1. The van der Waals surface area contributed by atoms with Crippen molar-refractivity contribution in [3.8, 4) is 5.75 Å². The Kier molecular flexibility index (Phi) is 6.89. The van der Waals surface area contributed by atoms with Crippen molar-refractivity contribution in [1.82, 2.24) is 4.90 Å². The predicted octanol–water partition coefficient (Wildman–Crippen LogP) is 4.93. The number of para-hydroxylation sites is 1. The van der Waals surface area contributed by atoms with Crippen LogP contribution in [0.25, 0.3) is 6.08 Å². The lowest BCUT2D eigenvalue weighted by Crippen LogP contribution is -2.36. The summed E-state index contributed by atoms with van der Waals surface area (Å²) in [6.45, 7) is -0.405. The first-order chi connectivity index (χ1) is 13.3. The van der Waals surface area contributed by atoms with Gasteiger partial charge in [0.1, 0.15) is 12.3 Å². The number of nitrogens with one attached hydrogen (secondary N) is 1. The molecule has 0 aliphatic carbocycles. The Balaban J connectivity index is 1.75. The van der Waals surface area contributed by atoms with Crippen LogP contribution in [0.2, 0.25) is 5.02 Å². The number of imide groups is 1. The molecule has 0 radical (unpaired) electrons. The molecule has 3 amide bonds. The fourth-order valence-electron chi connectivity index (χ4n) is 2.35. The number of rotatable bonds is 4. The average molecular weight is 641 g/mol. The third kappa shape index (κ3) is 4.81. The fraction of sp³-hybridized carbons (Fsp3) is 0.0556. The minimum atomic E-state index is -0.539. The highest BCUT2D eigenvalue weighted by atomic mass is 127. The van der Waals surface area contributed by atoms with Gasteiger partial charge in [0.25, 0.3) is 11.1 Å². The number of amides is 3. The number of anilines is 1. The summed E-state index contributed by atoms with van der Waals surface area (Å²) in [6, 6.07) is 10.1. The molecule has 1 heterocycles. The van der Waals surface area contributed by atoms with Gasteiger partial charge in [0.15, 0.2) is 0 Å². The molecule has 144 valence electrons. The van der Waals surface area contributed by atoms with Crippen molar-refractivity contribution >= 4 is 97.4 Å². The quantitative estimate of drug-likeness (QED) is 0.366. The van der Waals surface area contributed by atoms with Gasteiger partial charge in [0.05, 0.1) is 22.8 Å². The van der Waals surface area contributed by atoms with E-state index in [0.29, 0.717) is 23.4 Å². The first kappa shape index (κ1) is 21.4. The Labute approximate surface area is 197 Å². The summed E-state index contributed by atoms with van der Waals surface area (Å²) in [5, 5.41) is 12.3. The summed E-state index contributed by atoms with van der Waals surface area (Å²) in [5.74, 6) is -0.893. The van der Waals surface area contributed by atoms with E-state index in [4.69, 9.17) is 11.6 Å². The number of aromatic hydroxyl groups is 1. The normalized spacial score (nSPS) is 15.4. The molecule has 2 N–H and O–H groups in total. The van der Waals surface area contributed by atoms with Gasteiger partial charge in [-0.3, -0.25) is 19.3 Å². The highest BCUT2D eigenvalue weighted by Crippen LogP contribution is 2.34. The van der Waals surface area contributed by atoms with E-state index in [-0.39, 0.29) is 10.7 Å². The molecule has 1 saturated heterocycles. The smallest absolute Gasteiger partial charge is 0.294 e. The second kappa shape index (κ2) is 9.01. The number of carbonyl (C=O) groups is 3. The fourth-order valence-corrected chi connectivity index (χ4v) is 5.19. The summed E-state index contributed by atoms with van der Waals surface area (Å²) in [5.41, 5.74) is 1.09. The molecule has 6 nitrogen and oxygen atoms in total. The van der Waals surface area contributed by atoms with Gasteiger partial charge in [0, 0.05) is 0 Å². The van der Waals surface area contributed by atoms with Crippen molar-refractivity contribution in [1.29, 1.82) is 0 Å². The molecule has 2 aromatic carbocycles. The van der Waals surface area contributed by atoms with Gasteiger partial charge in [-0.05, 0) is 92.8 Å². The molecular formula is C18H11ClI2N2O4S. The van der Waals surface area contributed by atoms with Crippen LogP contribution < -0.4 is 5.32 Å². The van der Waals surface area contributed by atoms with E-state index in [2.05, 4.69) is 5.32 Å². The summed E-state index contributed by atoms with van der Waals surface area (Å²) in [4.78, 5) is 38.1. The van der Waals surface area contributed by atoms with Gasteiger partial charge in [-0.15, -0.1) is 0 Å². The monoisotopic (exact) mass is 640 g/mol. The highest BCUT2D eigenvalue weighted by molar-refractivity contribution is 14.1. The largest absolute Gasteiger partial charge is 0.506 e. The van der Waals surface area contributed by atoms with Gasteiger partial charge < -0.3 is 10.4 Å². The average Bonchev–Trinajstić information content (AvgIpc) is 2.89. The third-order valence-electron chi connectivity index (χ3n) is 3.66. The van der Waals surface area contributed by atoms with Crippen molar-refractivity contribution in [2.45, 2.75) is 0 Å². The van der Waals surface area contributed by atoms with Crippen molar-refractivity contribution in [3.63, 3.8) is 0 Å². The SMILES string of the molecule is O=C(CN1C(=O)S/C(=C/c2cc(I)c(O)c(I)c2)C1=O)Nc1ccccc1Cl. The number of thioether (sulfide) groups is 1. The van der Waals surface area contributed by atoms with Crippen LogP contribution >= 0.6 is 68.5 Å². The van der Waals surface area contributed by atoms with Gasteiger partial charge in [-0.25, -0.2) is 0 Å². The molecule has 0 saturated carbocycles. The van der Waals surface area contributed by atoms with Crippen molar-refractivity contribution in [3.05, 3.63) is 59.0 Å². The Morgan fingerprint density at radius 1 is 1.21 bits per heavy atom. The molecule has 0 bridgehead atoms. The number of hydrogen-bond donors (Lipinski definition) is 2. The van der Waals surface area contributed by atoms with Crippen LogP contribution in [0.5, 0.6) is 5.75 Å². The molecule has 0 atom stereocenters. The maximum atomic E-state index is 12.6. The summed E-state index contributed by atoms with van der Waals surface area (Å²) in [7, 11) is 0. The zero-order chi connectivity index (χ0) is 20.4. The molecule has 1 fully saturated rings. The van der Waals surface area contributed by atoms with E-state index in [1.165, 1.54) is 0 Å².